The molecule has 20 rings (SSSR count). The molecule has 8 nitrogen and oxygen atoms in total. The summed E-state index contributed by atoms with van der Waals surface area (Å²) in [4.78, 5) is 29.8. The minimum atomic E-state index is -3.06. The minimum absolute atomic E-state index is 0.616. The lowest BCUT2D eigenvalue weighted by molar-refractivity contribution is 0.591. The number of benzene rings is 18. The van der Waals surface area contributed by atoms with E-state index in [1.54, 1.807) is 0 Å². The maximum atomic E-state index is 15.0. The SMILES string of the molecule is O=P(c1ccccc1)(c1ccccc1)c1ccc(-c2ccc3c(-c4ccc(-c5nc(-c6ccccc6)nc(-c6ccc(-c7ccccc7)cc6)n5)cc4)cccc3c2)cc1.O=P(c1ccccc1)(c1ccccc1)c1ccc(-c2ccc3cccc(-c4ccc(-c5nc(-c6ccccc6)nc(-c6ccc(-c7ccccc7)cc6)n5)cc4)c3c2)cc1. The molecule has 0 aliphatic carbocycles. The van der Waals surface area contributed by atoms with Crippen molar-refractivity contribution in [2.75, 3.05) is 0 Å². The van der Waals surface area contributed by atoms with E-state index in [9.17, 15) is 9.13 Å². The van der Waals surface area contributed by atoms with Crippen LogP contribution < -0.4 is 31.8 Å². The van der Waals surface area contributed by atoms with Gasteiger partial charge in [0.15, 0.2) is 49.2 Å². The number of hydrogen-bond donors (Lipinski definition) is 0. The predicted molar refractivity (Wildman–Crippen MR) is 499 cm³/mol. The Morgan fingerprint density at radius 1 is 0.142 bits per heavy atom. The fourth-order valence-electron chi connectivity index (χ4n) is 15.8. The van der Waals surface area contributed by atoms with E-state index >= 15 is 0 Å². The van der Waals surface area contributed by atoms with Gasteiger partial charge >= 0.3 is 0 Å². The van der Waals surface area contributed by atoms with Crippen molar-refractivity contribution in [3.05, 3.63) is 461 Å². The predicted octanol–water partition coefficient (Wildman–Crippen LogP) is 25.3. The lowest BCUT2D eigenvalue weighted by Crippen LogP contribution is -2.24. The first-order chi connectivity index (χ1) is 59.2. The summed E-state index contributed by atoms with van der Waals surface area (Å²) in [5.41, 5.74) is 19.0. The molecule has 0 fully saturated rings. The fraction of sp³-hybridized carbons (Fsp3) is 0. The Morgan fingerprint density at radius 3 is 0.692 bits per heavy atom. The van der Waals surface area contributed by atoms with Crippen LogP contribution in [0.25, 0.3) is 157 Å². The molecule has 0 amide bonds. The number of fused-ring (bicyclic) bond motifs is 2. The molecule has 0 aliphatic heterocycles. The van der Waals surface area contributed by atoms with Gasteiger partial charge in [0, 0.05) is 65.2 Å². The van der Waals surface area contributed by atoms with Crippen molar-refractivity contribution >= 4 is 67.7 Å². The van der Waals surface area contributed by atoms with E-state index in [0.29, 0.717) is 34.9 Å². The molecule has 20 aromatic rings. The highest BCUT2D eigenvalue weighted by Crippen LogP contribution is 2.46. The van der Waals surface area contributed by atoms with Gasteiger partial charge in [0.05, 0.1) is 0 Å². The molecule has 568 valence electrons. The van der Waals surface area contributed by atoms with Gasteiger partial charge < -0.3 is 9.13 Å². The van der Waals surface area contributed by atoms with E-state index in [1.165, 1.54) is 5.56 Å². The highest BCUT2D eigenvalue weighted by atomic mass is 31.2. The number of rotatable bonds is 18. The van der Waals surface area contributed by atoms with Crippen LogP contribution in [0.15, 0.2) is 461 Å². The molecule has 18 aromatic carbocycles. The maximum Gasteiger partial charge on any atom is 0.171 e. The zero-order valence-electron chi connectivity index (χ0n) is 65.3. The standard InChI is InChI=1S/2C55H38N3OP/c59-60(48-19-9-3-10-20-48,49-21-11-4-12-22-49)50-36-34-41(35-37-50)47-33-28-42-18-13-23-51(52(42)38-47)43-26-31-46(32-27-43)55-57-53(44-16-7-2-8-17-44)56-54(58-55)45-29-24-40(25-30-45)39-14-5-1-6-15-39;59-60(48-19-9-3-10-20-48,49-21-11-4-12-22-49)50-35-32-41(33-36-50)46-34-37-52-47(38-46)18-13-23-51(52)42-26-30-45(31-27-42)55-57-53(43-16-7-2-8-17-43)56-54(58-55)44-28-24-40(25-29-44)39-14-5-1-6-15-39/h2*1-38H. The minimum Gasteiger partial charge on any atom is -0.309 e. The first-order valence-corrected chi connectivity index (χ1v) is 43.5. The summed E-state index contributed by atoms with van der Waals surface area (Å²) in [5.74, 6) is 3.75. The Kier molecular flexibility index (Phi) is 21.0. The second kappa shape index (κ2) is 33.7. The molecule has 2 aromatic heterocycles. The zero-order chi connectivity index (χ0) is 80.6. The van der Waals surface area contributed by atoms with E-state index < -0.39 is 14.3 Å². The Labute approximate surface area is 698 Å². The van der Waals surface area contributed by atoms with Crippen LogP contribution in [0.4, 0.5) is 0 Å². The molecule has 0 aliphatic rings. The number of nitrogens with zero attached hydrogens (tertiary/aromatic N) is 6. The van der Waals surface area contributed by atoms with Gasteiger partial charge in [-0.2, -0.15) is 0 Å². The summed E-state index contributed by atoms with van der Waals surface area (Å²) < 4.78 is 29.9. The van der Waals surface area contributed by atoms with Crippen molar-refractivity contribution in [2.24, 2.45) is 0 Å². The monoisotopic (exact) mass is 1570 g/mol. The third-order valence-corrected chi connectivity index (χ3v) is 28.3. The Balaban J connectivity index is 0.000000159. The topological polar surface area (TPSA) is 111 Å². The second-order valence-electron chi connectivity index (χ2n) is 29.5. The van der Waals surface area contributed by atoms with Crippen LogP contribution in [0.3, 0.4) is 0 Å². The summed E-state index contributed by atoms with van der Waals surface area (Å²) in [6, 6.07) is 156. The van der Waals surface area contributed by atoms with Gasteiger partial charge in [-0.3, -0.25) is 0 Å². The average Bonchev–Trinajstić information content (AvgIpc) is 0.772. The maximum absolute atomic E-state index is 15.0. The van der Waals surface area contributed by atoms with Crippen molar-refractivity contribution in [2.45, 2.75) is 0 Å². The van der Waals surface area contributed by atoms with Gasteiger partial charge in [0.2, 0.25) is 0 Å². The smallest absolute Gasteiger partial charge is 0.171 e. The first-order valence-electron chi connectivity index (χ1n) is 40.1. The van der Waals surface area contributed by atoms with Crippen molar-refractivity contribution in [3.8, 4) is 135 Å². The second-order valence-corrected chi connectivity index (χ2v) is 35.1. The molecule has 0 atom stereocenters. The Bertz CT molecular complexity index is 7020. The van der Waals surface area contributed by atoms with E-state index in [2.05, 4.69) is 243 Å². The van der Waals surface area contributed by atoms with Crippen LogP contribution >= 0.6 is 14.3 Å². The van der Waals surface area contributed by atoms with Crippen molar-refractivity contribution in [1.29, 1.82) is 0 Å². The van der Waals surface area contributed by atoms with Gasteiger partial charge in [0.25, 0.3) is 0 Å². The summed E-state index contributed by atoms with van der Waals surface area (Å²) in [6.07, 6.45) is 0. The molecule has 10 heteroatoms. The first kappa shape index (κ1) is 75.0. The van der Waals surface area contributed by atoms with Crippen LogP contribution in [0.2, 0.25) is 0 Å². The molecule has 0 unspecified atom stereocenters. The number of hydrogen-bond acceptors (Lipinski definition) is 8. The summed E-state index contributed by atoms with van der Waals surface area (Å²) in [6.45, 7) is 0. The third-order valence-electron chi connectivity index (χ3n) is 22.1. The van der Waals surface area contributed by atoms with E-state index in [4.69, 9.17) is 29.9 Å². The van der Waals surface area contributed by atoms with Gasteiger partial charge in [0.1, 0.15) is 0 Å². The molecule has 0 spiro atoms. The highest BCUT2D eigenvalue weighted by molar-refractivity contribution is 7.85. The molecular formula is C110H76N6O2P2. The van der Waals surface area contributed by atoms with Gasteiger partial charge in [-0.25, -0.2) is 29.9 Å². The summed E-state index contributed by atoms with van der Waals surface area (Å²) in [7, 11) is -6.11. The molecule has 0 bridgehead atoms. The van der Waals surface area contributed by atoms with E-state index in [0.717, 1.165) is 148 Å². The molecule has 0 saturated carbocycles. The van der Waals surface area contributed by atoms with Crippen LogP contribution in [0.1, 0.15) is 0 Å². The summed E-state index contributed by atoms with van der Waals surface area (Å²) in [5, 5.41) is 9.55. The van der Waals surface area contributed by atoms with Gasteiger partial charge in [-0.05, 0) is 100 Å². The van der Waals surface area contributed by atoms with Crippen molar-refractivity contribution in [3.63, 3.8) is 0 Å². The normalized spacial score (nSPS) is 11.4. The van der Waals surface area contributed by atoms with Gasteiger partial charge in [-0.1, -0.05) is 449 Å². The molecule has 0 N–H and O–H groups in total. The van der Waals surface area contributed by atoms with Crippen LogP contribution in [0, 0.1) is 0 Å². The molecule has 0 radical (unpaired) electrons. The van der Waals surface area contributed by atoms with Crippen LogP contribution in [0.5, 0.6) is 0 Å². The fourth-order valence-corrected chi connectivity index (χ4v) is 21.1. The van der Waals surface area contributed by atoms with Crippen LogP contribution in [-0.2, 0) is 9.13 Å². The third kappa shape index (κ3) is 15.5. The zero-order valence-corrected chi connectivity index (χ0v) is 67.1. The Morgan fingerprint density at radius 2 is 0.358 bits per heavy atom. The van der Waals surface area contributed by atoms with Gasteiger partial charge in [-0.15, -0.1) is 0 Å². The average molecular weight is 1580 g/mol. The van der Waals surface area contributed by atoms with E-state index in [-0.39, 0.29) is 0 Å². The van der Waals surface area contributed by atoms with Crippen molar-refractivity contribution < 1.29 is 9.13 Å². The lowest BCUT2D eigenvalue weighted by atomic mass is 9.94. The molecule has 120 heavy (non-hydrogen) atoms. The quantitative estimate of drug-likeness (QED) is 0.0781. The largest absolute Gasteiger partial charge is 0.309 e. The van der Waals surface area contributed by atoms with E-state index in [1.807, 2.05) is 218 Å². The van der Waals surface area contributed by atoms with Crippen molar-refractivity contribution in [1.82, 2.24) is 29.9 Å². The highest BCUT2D eigenvalue weighted by Gasteiger charge is 2.31. The lowest BCUT2D eigenvalue weighted by Gasteiger charge is -2.20. The molecule has 0 saturated heterocycles. The molecule has 2 heterocycles. The summed E-state index contributed by atoms with van der Waals surface area (Å²) >= 11 is 0. The van der Waals surface area contributed by atoms with Crippen LogP contribution in [-0.4, -0.2) is 29.9 Å². The molecular weight excluding hydrogens is 1500 g/mol. The Hall–Kier alpha value is -15.0. The number of aromatic nitrogens is 6.